The lowest BCUT2D eigenvalue weighted by Crippen LogP contribution is -2.29. The fraction of sp³-hybridized carbons (Fsp3) is 0.300. The highest BCUT2D eigenvalue weighted by Crippen LogP contribution is 2.30. The molecule has 7 heteroatoms. The average molecular weight is 379 g/mol. The van der Waals surface area contributed by atoms with Gasteiger partial charge < -0.3 is 4.90 Å². The van der Waals surface area contributed by atoms with Crippen molar-refractivity contribution in [2.24, 2.45) is 0 Å². The highest BCUT2D eigenvalue weighted by atomic mass is 32.2. The van der Waals surface area contributed by atoms with Gasteiger partial charge in [-0.05, 0) is 25.5 Å². The largest absolute Gasteiger partial charge is 0.344 e. The lowest BCUT2D eigenvalue weighted by molar-refractivity contribution is -0.127. The molecule has 3 aromatic rings. The van der Waals surface area contributed by atoms with Crippen LogP contribution in [0.4, 0.5) is 0 Å². The molecule has 27 heavy (non-hydrogen) atoms. The van der Waals surface area contributed by atoms with Gasteiger partial charge in [-0.2, -0.15) is 10.4 Å². The van der Waals surface area contributed by atoms with Gasteiger partial charge in [0.15, 0.2) is 5.16 Å². The molecule has 0 spiro atoms. The third-order valence-corrected chi connectivity index (χ3v) is 5.15. The van der Waals surface area contributed by atoms with Crippen molar-refractivity contribution in [3.8, 4) is 17.3 Å². The van der Waals surface area contributed by atoms with Crippen LogP contribution in [0.3, 0.4) is 0 Å². The zero-order valence-corrected chi connectivity index (χ0v) is 16.5. The number of amides is 1. The van der Waals surface area contributed by atoms with Crippen LogP contribution in [0.2, 0.25) is 0 Å². The van der Waals surface area contributed by atoms with E-state index >= 15 is 0 Å². The van der Waals surface area contributed by atoms with Crippen molar-refractivity contribution in [3.63, 3.8) is 0 Å². The predicted molar refractivity (Wildman–Crippen MR) is 106 cm³/mol. The highest BCUT2D eigenvalue weighted by Gasteiger charge is 2.18. The Balaban J connectivity index is 1.94. The van der Waals surface area contributed by atoms with Crippen LogP contribution in [0.15, 0.2) is 41.6 Å². The summed E-state index contributed by atoms with van der Waals surface area (Å²) < 4.78 is 1.83. The van der Waals surface area contributed by atoms with E-state index in [1.54, 1.807) is 11.9 Å². The molecule has 6 nitrogen and oxygen atoms in total. The number of nitrogens with zero attached hydrogens (tertiary/aromatic N) is 5. The van der Waals surface area contributed by atoms with Crippen LogP contribution in [-0.2, 0) is 4.79 Å². The number of carbonyl (C=O) groups excluding carboxylic acids is 1. The van der Waals surface area contributed by atoms with E-state index in [0.717, 1.165) is 28.0 Å². The molecule has 1 aromatic carbocycles. The molecule has 2 aromatic heterocycles. The number of thioether (sulfide) groups is 1. The Kier molecular flexibility index (Phi) is 5.77. The van der Waals surface area contributed by atoms with E-state index in [9.17, 15) is 4.79 Å². The van der Waals surface area contributed by atoms with Crippen LogP contribution >= 0.6 is 11.8 Å². The molecular weight excluding hydrogens is 358 g/mol. The molecule has 0 saturated carbocycles. The van der Waals surface area contributed by atoms with E-state index in [0.29, 0.717) is 18.1 Å². The molecule has 0 radical (unpaired) electrons. The van der Waals surface area contributed by atoms with Gasteiger partial charge in [0.25, 0.3) is 0 Å². The number of rotatable bonds is 6. The molecule has 0 atom stereocenters. The average Bonchev–Trinajstić information content (AvgIpc) is 3.03. The van der Waals surface area contributed by atoms with Crippen LogP contribution in [0.25, 0.3) is 16.8 Å². The van der Waals surface area contributed by atoms with E-state index in [2.05, 4.69) is 11.2 Å². The predicted octanol–water partition coefficient (Wildman–Crippen LogP) is 3.48. The Morgan fingerprint density at radius 3 is 2.74 bits per heavy atom. The SMILES string of the molecule is Cc1cc(C)c2c(-c3ccccc3)nc(SCC(=O)N(C)CCC#N)n2n1. The van der Waals surface area contributed by atoms with Crippen molar-refractivity contribution in [1.29, 1.82) is 5.26 Å². The first kappa shape index (κ1) is 18.9. The first-order valence-corrected chi connectivity index (χ1v) is 9.66. The zero-order chi connectivity index (χ0) is 19.4. The molecule has 0 N–H and O–H groups in total. The lowest BCUT2D eigenvalue weighted by atomic mass is 10.1. The standard InChI is InChI=1S/C20H21N5OS/c1-14-12-15(2)23-25-19(14)18(16-8-5-4-6-9-16)22-20(25)27-13-17(26)24(3)11-7-10-21/h4-6,8-9,12H,7,11,13H2,1-3H3. The number of hydrogen-bond acceptors (Lipinski definition) is 5. The summed E-state index contributed by atoms with van der Waals surface area (Å²) in [6, 6.07) is 14.1. The van der Waals surface area contributed by atoms with Gasteiger partial charge in [0.1, 0.15) is 0 Å². The number of aromatic nitrogens is 3. The minimum Gasteiger partial charge on any atom is -0.344 e. The Bertz CT molecular complexity index is 1010. The summed E-state index contributed by atoms with van der Waals surface area (Å²) >= 11 is 1.37. The molecule has 0 bridgehead atoms. The van der Waals surface area contributed by atoms with Crippen LogP contribution in [0.1, 0.15) is 17.7 Å². The number of aryl methyl sites for hydroxylation is 2. The molecule has 0 fully saturated rings. The monoisotopic (exact) mass is 379 g/mol. The molecule has 0 unspecified atom stereocenters. The van der Waals surface area contributed by atoms with Crippen molar-refractivity contribution < 1.29 is 4.79 Å². The fourth-order valence-electron chi connectivity index (χ4n) is 2.88. The summed E-state index contributed by atoms with van der Waals surface area (Å²) in [6.45, 7) is 4.43. The number of benzene rings is 1. The van der Waals surface area contributed by atoms with Crippen LogP contribution in [-0.4, -0.2) is 44.8 Å². The second-order valence-corrected chi connectivity index (χ2v) is 7.29. The van der Waals surface area contributed by atoms with E-state index in [4.69, 9.17) is 10.2 Å². The highest BCUT2D eigenvalue weighted by molar-refractivity contribution is 7.99. The lowest BCUT2D eigenvalue weighted by Gasteiger charge is -2.14. The van der Waals surface area contributed by atoms with E-state index in [1.807, 2.05) is 54.8 Å². The van der Waals surface area contributed by atoms with Gasteiger partial charge in [-0.25, -0.2) is 9.50 Å². The maximum Gasteiger partial charge on any atom is 0.232 e. The first-order chi connectivity index (χ1) is 13.0. The second kappa shape index (κ2) is 8.23. The van der Waals surface area contributed by atoms with Gasteiger partial charge in [-0.3, -0.25) is 4.79 Å². The van der Waals surface area contributed by atoms with Crippen molar-refractivity contribution in [3.05, 3.63) is 47.7 Å². The molecule has 3 rings (SSSR count). The summed E-state index contributed by atoms with van der Waals surface area (Å²) in [7, 11) is 1.71. The van der Waals surface area contributed by atoms with Gasteiger partial charge in [0.05, 0.1) is 35.1 Å². The molecule has 2 heterocycles. The van der Waals surface area contributed by atoms with Gasteiger partial charge in [0, 0.05) is 19.2 Å². The quantitative estimate of drug-likeness (QED) is 0.613. The van der Waals surface area contributed by atoms with Gasteiger partial charge >= 0.3 is 0 Å². The number of fused-ring (bicyclic) bond motifs is 1. The Hall–Kier alpha value is -2.85. The van der Waals surface area contributed by atoms with E-state index in [-0.39, 0.29) is 11.7 Å². The van der Waals surface area contributed by atoms with Gasteiger partial charge in [0.2, 0.25) is 5.91 Å². The maximum absolute atomic E-state index is 12.3. The van der Waals surface area contributed by atoms with Gasteiger partial charge in [-0.1, -0.05) is 42.1 Å². The molecule has 138 valence electrons. The Labute approximate surface area is 162 Å². The Morgan fingerprint density at radius 1 is 1.30 bits per heavy atom. The second-order valence-electron chi connectivity index (χ2n) is 6.35. The summed E-state index contributed by atoms with van der Waals surface area (Å²) in [5.41, 5.74) is 4.84. The Morgan fingerprint density at radius 2 is 2.04 bits per heavy atom. The third kappa shape index (κ3) is 4.12. The van der Waals surface area contributed by atoms with Crippen molar-refractivity contribution in [2.75, 3.05) is 19.3 Å². The van der Waals surface area contributed by atoms with Crippen molar-refractivity contribution in [1.82, 2.24) is 19.5 Å². The summed E-state index contributed by atoms with van der Waals surface area (Å²) in [6.07, 6.45) is 0.331. The molecule has 1 amide bonds. The molecule has 0 aliphatic rings. The minimum atomic E-state index is -0.0300. The van der Waals surface area contributed by atoms with E-state index in [1.165, 1.54) is 11.8 Å². The first-order valence-electron chi connectivity index (χ1n) is 8.67. The number of nitriles is 1. The zero-order valence-electron chi connectivity index (χ0n) is 15.6. The van der Waals surface area contributed by atoms with E-state index < -0.39 is 0 Å². The molecular formula is C20H21N5OS. The van der Waals surface area contributed by atoms with Crippen LogP contribution < -0.4 is 0 Å². The summed E-state index contributed by atoms with van der Waals surface area (Å²) in [5, 5.41) is 14.0. The van der Waals surface area contributed by atoms with Crippen LogP contribution in [0, 0.1) is 25.2 Å². The molecule has 0 aliphatic heterocycles. The van der Waals surface area contributed by atoms with Crippen molar-refractivity contribution in [2.45, 2.75) is 25.4 Å². The topological polar surface area (TPSA) is 74.3 Å². The van der Waals surface area contributed by atoms with Gasteiger partial charge in [-0.15, -0.1) is 0 Å². The smallest absolute Gasteiger partial charge is 0.232 e. The number of carbonyl (C=O) groups is 1. The molecule has 0 aliphatic carbocycles. The van der Waals surface area contributed by atoms with Crippen molar-refractivity contribution >= 4 is 23.2 Å². The maximum atomic E-state index is 12.3. The summed E-state index contributed by atoms with van der Waals surface area (Å²) in [5.74, 6) is 0.224. The summed E-state index contributed by atoms with van der Waals surface area (Å²) in [4.78, 5) is 18.7. The number of imidazole rings is 1. The third-order valence-electron chi connectivity index (χ3n) is 4.24. The number of hydrogen-bond donors (Lipinski definition) is 0. The minimum absolute atomic E-state index is 0.0300. The van der Waals surface area contributed by atoms with Crippen LogP contribution in [0.5, 0.6) is 0 Å². The normalized spacial score (nSPS) is 10.7. The fourth-order valence-corrected chi connectivity index (χ4v) is 3.76. The molecule has 0 saturated heterocycles.